The van der Waals surface area contributed by atoms with E-state index in [2.05, 4.69) is 14.2 Å². The quantitative estimate of drug-likeness (QED) is 0.527. The average Bonchev–Trinajstić information content (AvgIpc) is 2.28. The minimum atomic E-state index is -1.03. The highest BCUT2D eigenvalue weighted by molar-refractivity contribution is 6.61. The summed E-state index contributed by atoms with van der Waals surface area (Å²) in [5.74, 6) is 0. The molecule has 0 aromatic carbocycles. The zero-order valence-electron chi connectivity index (χ0n) is 9.41. The van der Waals surface area contributed by atoms with Crippen LogP contribution in [-0.4, -0.2) is 36.1 Å². The molecule has 0 saturated carbocycles. The minimum absolute atomic E-state index is 0.208. The maximum atomic E-state index is 10.6. The van der Waals surface area contributed by atoms with Crippen molar-refractivity contribution in [1.29, 1.82) is 0 Å². The highest BCUT2D eigenvalue weighted by Gasteiger charge is 2.33. The van der Waals surface area contributed by atoms with Gasteiger partial charge in [-0.25, -0.2) is 14.4 Å². The number of ether oxygens (including phenoxy) is 3. The third-order valence-electron chi connectivity index (χ3n) is 2.23. The first kappa shape index (κ1) is 17.3. The van der Waals surface area contributed by atoms with Gasteiger partial charge in [0.2, 0.25) is 0 Å². The van der Waals surface area contributed by atoms with Crippen LogP contribution in [0.2, 0.25) is 0 Å². The van der Waals surface area contributed by atoms with E-state index in [0.29, 0.717) is 6.42 Å². The van der Waals surface area contributed by atoms with Gasteiger partial charge in [-0.1, -0.05) is 6.92 Å². The van der Waals surface area contributed by atoms with Gasteiger partial charge in [-0.3, -0.25) is 0 Å². The Kier molecular flexibility index (Phi) is 8.06. The van der Waals surface area contributed by atoms with E-state index in [9.17, 15) is 14.4 Å². The first-order valence-electron chi connectivity index (χ1n) is 4.78. The van der Waals surface area contributed by atoms with Crippen LogP contribution in [0.4, 0.5) is 14.4 Å². The Morgan fingerprint density at radius 2 is 1.11 bits per heavy atom. The van der Waals surface area contributed by atoms with Gasteiger partial charge < -0.3 is 14.2 Å². The van der Waals surface area contributed by atoms with E-state index in [1.54, 1.807) is 6.92 Å². The standard InChI is InChI=1S/C9H11Cl3O6/c1-2-9(3-16-6(10)13,4-17-7(11)14)5-18-8(12)15/h2-5H2,1H3. The third-order valence-corrected chi connectivity index (χ3v) is 2.55. The van der Waals surface area contributed by atoms with Crippen molar-refractivity contribution in [3.8, 4) is 0 Å². The van der Waals surface area contributed by atoms with Crippen molar-refractivity contribution in [3.63, 3.8) is 0 Å². The third kappa shape index (κ3) is 7.58. The Morgan fingerprint density at radius 1 is 0.833 bits per heavy atom. The lowest BCUT2D eigenvalue weighted by Gasteiger charge is -2.29. The number of carbonyl (C=O) groups excluding carboxylic acids is 3. The van der Waals surface area contributed by atoms with Gasteiger partial charge in [0.1, 0.15) is 19.8 Å². The van der Waals surface area contributed by atoms with E-state index in [1.165, 1.54) is 0 Å². The normalized spacial score (nSPS) is 10.7. The molecular formula is C9H11Cl3O6. The van der Waals surface area contributed by atoms with E-state index in [0.717, 1.165) is 0 Å². The number of halogens is 3. The molecule has 104 valence electrons. The second-order valence-electron chi connectivity index (χ2n) is 3.43. The van der Waals surface area contributed by atoms with Crippen LogP contribution in [0.3, 0.4) is 0 Å². The smallest absolute Gasteiger partial charge is 0.403 e. The fraction of sp³-hybridized carbons (Fsp3) is 0.667. The summed E-state index contributed by atoms with van der Waals surface area (Å²) in [6.07, 6.45) is 0.367. The van der Waals surface area contributed by atoms with E-state index in [4.69, 9.17) is 34.8 Å². The number of rotatable bonds is 7. The van der Waals surface area contributed by atoms with Crippen LogP contribution in [0.5, 0.6) is 0 Å². The van der Waals surface area contributed by atoms with Gasteiger partial charge in [-0.2, -0.15) is 0 Å². The van der Waals surface area contributed by atoms with Crippen LogP contribution in [0.1, 0.15) is 13.3 Å². The van der Waals surface area contributed by atoms with Crippen molar-refractivity contribution < 1.29 is 28.6 Å². The molecule has 0 bridgehead atoms. The molecule has 18 heavy (non-hydrogen) atoms. The van der Waals surface area contributed by atoms with Gasteiger partial charge in [0.05, 0.1) is 5.41 Å². The molecule has 0 atom stereocenters. The molecule has 0 rings (SSSR count). The van der Waals surface area contributed by atoms with Gasteiger partial charge >= 0.3 is 16.3 Å². The van der Waals surface area contributed by atoms with Gasteiger partial charge in [-0.15, -0.1) is 0 Å². The van der Waals surface area contributed by atoms with E-state index in [1.807, 2.05) is 0 Å². The first-order valence-corrected chi connectivity index (χ1v) is 5.91. The van der Waals surface area contributed by atoms with Crippen LogP contribution in [0.25, 0.3) is 0 Å². The molecule has 0 amide bonds. The molecule has 6 nitrogen and oxygen atoms in total. The molecule has 0 unspecified atom stereocenters. The first-order chi connectivity index (χ1) is 8.31. The molecular weight excluding hydrogens is 310 g/mol. The second-order valence-corrected chi connectivity index (χ2v) is 4.36. The summed E-state index contributed by atoms with van der Waals surface area (Å²) in [7, 11) is 0. The lowest BCUT2D eigenvalue weighted by atomic mass is 9.88. The average molecular weight is 322 g/mol. The van der Waals surface area contributed by atoms with Crippen LogP contribution < -0.4 is 0 Å². The lowest BCUT2D eigenvalue weighted by Crippen LogP contribution is -2.37. The van der Waals surface area contributed by atoms with Gasteiger partial charge in [0, 0.05) is 34.8 Å². The van der Waals surface area contributed by atoms with Crippen molar-refractivity contribution in [2.24, 2.45) is 5.41 Å². The Hall–Kier alpha value is -0.720. The molecule has 0 spiro atoms. The monoisotopic (exact) mass is 320 g/mol. The Balaban J connectivity index is 4.63. The molecule has 0 aromatic heterocycles. The summed E-state index contributed by atoms with van der Waals surface area (Å²) in [5.41, 5.74) is -4.02. The van der Waals surface area contributed by atoms with Gasteiger partial charge in [0.15, 0.2) is 0 Å². The fourth-order valence-electron chi connectivity index (χ4n) is 1.06. The van der Waals surface area contributed by atoms with Gasteiger partial charge in [0.25, 0.3) is 0 Å². The Labute approximate surface area is 118 Å². The molecule has 0 radical (unpaired) electrons. The van der Waals surface area contributed by atoms with E-state index in [-0.39, 0.29) is 19.8 Å². The highest BCUT2D eigenvalue weighted by atomic mass is 35.5. The molecule has 0 saturated heterocycles. The molecule has 0 heterocycles. The maximum Gasteiger partial charge on any atom is 0.403 e. The van der Waals surface area contributed by atoms with Crippen LogP contribution in [0.15, 0.2) is 0 Å². The summed E-state index contributed by atoms with van der Waals surface area (Å²) in [6, 6.07) is 0. The zero-order chi connectivity index (χ0) is 14.2. The Bertz CT molecular complexity index is 274. The maximum absolute atomic E-state index is 10.6. The largest absolute Gasteiger partial charge is 0.453 e. The van der Waals surface area contributed by atoms with E-state index < -0.39 is 21.7 Å². The molecule has 0 aliphatic heterocycles. The van der Waals surface area contributed by atoms with Crippen LogP contribution >= 0.6 is 34.8 Å². The minimum Gasteiger partial charge on any atom is -0.453 e. The summed E-state index contributed by atoms with van der Waals surface area (Å²) >= 11 is 15.1. The molecule has 0 fully saturated rings. The SMILES string of the molecule is CCC(COC(=O)Cl)(COC(=O)Cl)COC(=O)Cl. The predicted octanol–water partition coefficient (Wildman–Crippen LogP) is 3.51. The van der Waals surface area contributed by atoms with Crippen molar-refractivity contribution >= 4 is 51.1 Å². The van der Waals surface area contributed by atoms with Crippen LogP contribution in [-0.2, 0) is 14.2 Å². The lowest BCUT2D eigenvalue weighted by molar-refractivity contribution is -0.00444. The molecule has 0 N–H and O–H groups in total. The fourth-order valence-corrected chi connectivity index (χ4v) is 1.22. The predicted molar refractivity (Wildman–Crippen MR) is 64.3 cm³/mol. The second kappa shape index (κ2) is 8.39. The van der Waals surface area contributed by atoms with Gasteiger partial charge in [-0.05, 0) is 6.42 Å². The topological polar surface area (TPSA) is 78.9 Å². The molecule has 0 aliphatic carbocycles. The molecule has 9 heteroatoms. The van der Waals surface area contributed by atoms with Crippen molar-refractivity contribution in [1.82, 2.24) is 0 Å². The Morgan fingerprint density at radius 3 is 1.28 bits per heavy atom. The molecule has 0 aromatic rings. The van der Waals surface area contributed by atoms with Crippen molar-refractivity contribution in [2.75, 3.05) is 19.8 Å². The zero-order valence-corrected chi connectivity index (χ0v) is 11.7. The summed E-state index contributed by atoms with van der Waals surface area (Å²) < 4.78 is 13.9. The number of carbonyl (C=O) groups is 3. The summed E-state index contributed by atoms with van der Waals surface area (Å²) in [6.45, 7) is 1.09. The number of hydrogen-bond donors (Lipinski definition) is 0. The van der Waals surface area contributed by atoms with E-state index >= 15 is 0 Å². The van der Waals surface area contributed by atoms with Crippen LogP contribution in [0, 0.1) is 5.41 Å². The van der Waals surface area contributed by atoms with Crippen molar-refractivity contribution in [2.45, 2.75) is 13.3 Å². The summed E-state index contributed by atoms with van der Waals surface area (Å²) in [5, 5.41) is 0. The summed E-state index contributed by atoms with van der Waals surface area (Å²) in [4.78, 5) is 31.7. The number of hydrogen-bond acceptors (Lipinski definition) is 6. The molecule has 0 aliphatic rings. The highest BCUT2D eigenvalue weighted by Crippen LogP contribution is 2.25. The van der Waals surface area contributed by atoms with Crippen molar-refractivity contribution in [3.05, 3.63) is 0 Å².